The molecule has 0 rings (SSSR count). The molecule has 1 N–H and O–H groups in total. The van der Waals surface area contributed by atoms with Gasteiger partial charge in [0.05, 0.1) is 6.61 Å². The zero-order chi connectivity index (χ0) is 10.3. The van der Waals surface area contributed by atoms with Crippen LogP contribution in [0.15, 0.2) is 12.2 Å². The lowest BCUT2D eigenvalue weighted by atomic mass is 10.4. The number of likely N-dealkylation sites (N-methyl/N-ethyl adjacent to an activating group) is 1. The van der Waals surface area contributed by atoms with Crippen molar-refractivity contribution in [2.75, 3.05) is 20.2 Å². The van der Waals surface area contributed by atoms with Gasteiger partial charge in [0.15, 0.2) is 0 Å². The minimum atomic E-state index is -0.516. The summed E-state index contributed by atoms with van der Waals surface area (Å²) in [4.78, 5) is 11.0. The molecule has 0 aromatic heterocycles. The van der Waals surface area contributed by atoms with Crippen molar-refractivity contribution in [1.29, 1.82) is 0 Å². The molecule has 0 heterocycles. The zero-order valence-electron chi connectivity index (χ0n) is 8.42. The van der Waals surface area contributed by atoms with Crippen LogP contribution in [0.25, 0.3) is 0 Å². The third-order valence-electron chi connectivity index (χ3n) is 1.33. The van der Waals surface area contributed by atoms with Crippen LogP contribution in [0.1, 0.15) is 13.8 Å². The van der Waals surface area contributed by atoms with E-state index in [0.29, 0.717) is 12.2 Å². The number of carbonyl (C=O) groups is 1. The van der Waals surface area contributed by atoms with Gasteiger partial charge in [-0.05, 0) is 20.9 Å². The quantitative estimate of drug-likeness (QED) is 0.287. The molecule has 0 aromatic carbocycles. The van der Waals surface area contributed by atoms with E-state index in [9.17, 15) is 4.79 Å². The van der Waals surface area contributed by atoms with E-state index in [1.807, 2.05) is 7.05 Å². The Labute approximate surface area is 78.9 Å². The lowest BCUT2D eigenvalue weighted by molar-refractivity contribution is -0.169. The summed E-state index contributed by atoms with van der Waals surface area (Å²) in [5.41, 5.74) is 0.379. The van der Waals surface area contributed by atoms with Crippen molar-refractivity contribution >= 4 is 5.97 Å². The first kappa shape index (κ1) is 12.1. The molecule has 0 fully saturated rings. The van der Waals surface area contributed by atoms with Gasteiger partial charge in [0, 0.05) is 12.1 Å². The molecule has 0 saturated heterocycles. The van der Waals surface area contributed by atoms with Crippen molar-refractivity contribution in [1.82, 2.24) is 5.32 Å². The summed E-state index contributed by atoms with van der Waals surface area (Å²) < 4.78 is 10.0. The van der Waals surface area contributed by atoms with Crippen LogP contribution >= 0.6 is 0 Å². The highest BCUT2D eigenvalue weighted by molar-refractivity contribution is 5.86. The van der Waals surface area contributed by atoms with Gasteiger partial charge in [0.1, 0.15) is 0 Å². The average Bonchev–Trinajstić information content (AvgIpc) is 2.04. The van der Waals surface area contributed by atoms with Crippen molar-refractivity contribution in [3.8, 4) is 0 Å². The maximum absolute atomic E-state index is 11.0. The molecule has 13 heavy (non-hydrogen) atoms. The van der Waals surface area contributed by atoms with Crippen LogP contribution in [0.5, 0.6) is 0 Å². The van der Waals surface area contributed by atoms with Crippen molar-refractivity contribution < 1.29 is 14.3 Å². The molecule has 76 valence electrons. The van der Waals surface area contributed by atoms with Gasteiger partial charge in [-0.15, -0.1) is 0 Å². The van der Waals surface area contributed by atoms with Crippen LogP contribution < -0.4 is 5.32 Å². The minimum Gasteiger partial charge on any atom is -0.433 e. The summed E-state index contributed by atoms with van der Waals surface area (Å²) in [6.45, 7) is 7.99. The Kier molecular flexibility index (Phi) is 6.18. The van der Waals surface area contributed by atoms with E-state index in [4.69, 9.17) is 9.47 Å². The highest BCUT2D eigenvalue weighted by atomic mass is 16.7. The molecule has 0 saturated carbocycles. The van der Waals surface area contributed by atoms with E-state index in [0.717, 1.165) is 6.54 Å². The molecular formula is C9H17NO3. The van der Waals surface area contributed by atoms with Gasteiger partial charge in [-0.2, -0.15) is 0 Å². The largest absolute Gasteiger partial charge is 0.433 e. The first-order valence-corrected chi connectivity index (χ1v) is 4.20. The van der Waals surface area contributed by atoms with Gasteiger partial charge in [-0.3, -0.25) is 0 Å². The first-order chi connectivity index (χ1) is 6.07. The Bertz CT molecular complexity index is 180. The minimum absolute atomic E-state index is 0.379. The number of hydrogen-bond donors (Lipinski definition) is 1. The van der Waals surface area contributed by atoms with E-state index in [-0.39, 0.29) is 0 Å². The molecule has 1 atom stereocenters. The normalized spacial score (nSPS) is 12.2. The fourth-order valence-electron chi connectivity index (χ4n) is 0.612. The van der Waals surface area contributed by atoms with Gasteiger partial charge in [-0.1, -0.05) is 6.58 Å². The fourth-order valence-corrected chi connectivity index (χ4v) is 0.612. The SMILES string of the molecule is C=C(C)C(=O)OC(C)OCCNC. The maximum Gasteiger partial charge on any atom is 0.335 e. The Morgan fingerprint density at radius 2 is 2.23 bits per heavy atom. The summed E-state index contributed by atoms with van der Waals surface area (Å²) in [5.74, 6) is -0.419. The summed E-state index contributed by atoms with van der Waals surface area (Å²) in [7, 11) is 1.83. The molecule has 0 amide bonds. The van der Waals surface area contributed by atoms with E-state index < -0.39 is 12.3 Å². The molecule has 0 aliphatic heterocycles. The van der Waals surface area contributed by atoms with Crippen LogP contribution in [0.3, 0.4) is 0 Å². The van der Waals surface area contributed by atoms with Gasteiger partial charge in [0.25, 0.3) is 0 Å². The number of ether oxygens (including phenoxy) is 2. The zero-order valence-corrected chi connectivity index (χ0v) is 8.42. The third-order valence-corrected chi connectivity index (χ3v) is 1.33. The molecule has 4 heteroatoms. The van der Waals surface area contributed by atoms with Gasteiger partial charge in [-0.25, -0.2) is 4.79 Å². The molecule has 0 aromatic rings. The summed E-state index contributed by atoms with van der Waals surface area (Å²) in [6, 6.07) is 0. The van der Waals surface area contributed by atoms with Crippen LogP contribution in [0.2, 0.25) is 0 Å². The standard InChI is InChI=1S/C9H17NO3/c1-7(2)9(11)13-8(3)12-6-5-10-4/h8,10H,1,5-6H2,2-4H3. The summed E-state index contributed by atoms with van der Waals surface area (Å²) in [6.07, 6.45) is -0.516. The smallest absolute Gasteiger partial charge is 0.335 e. The Balaban J connectivity index is 3.55. The third kappa shape index (κ3) is 6.31. The number of carbonyl (C=O) groups excluding carboxylic acids is 1. The lowest BCUT2D eigenvalue weighted by Crippen LogP contribution is -2.23. The van der Waals surface area contributed by atoms with E-state index in [1.54, 1.807) is 13.8 Å². The molecule has 0 aliphatic rings. The highest BCUT2D eigenvalue weighted by Crippen LogP contribution is 1.98. The van der Waals surface area contributed by atoms with E-state index in [2.05, 4.69) is 11.9 Å². The van der Waals surface area contributed by atoms with Crippen LogP contribution in [-0.2, 0) is 14.3 Å². The summed E-state index contributed by atoms with van der Waals surface area (Å²) in [5, 5.41) is 2.92. The first-order valence-electron chi connectivity index (χ1n) is 4.20. The lowest BCUT2D eigenvalue weighted by Gasteiger charge is -2.13. The summed E-state index contributed by atoms with van der Waals surface area (Å²) >= 11 is 0. The molecule has 4 nitrogen and oxygen atoms in total. The highest BCUT2D eigenvalue weighted by Gasteiger charge is 2.09. The number of hydrogen-bond acceptors (Lipinski definition) is 4. The molecule has 0 spiro atoms. The monoisotopic (exact) mass is 187 g/mol. The molecule has 0 aliphatic carbocycles. The van der Waals surface area contributed by atoms with Gasteiger partial charge >= 0.3 is 5.97 Å². The van der Waals surface area contributed by atoms with E-state index in [1.165, 1.54) is 0 Å². The van der Waals surface area contributed by atoms with E-state index >= 15 is 0 Å². The van der Waals surface area contributed by atoms with Crippen LogP contribution in [-0.4, -0.2) is 32.5 Å². The second kappa shape index (κ2) is 6.62. The van der Waals surface area contributed by atoms with Crippen molar-refractivity contribution in [2.24, 2.45) is 0 Å². The average molecular weight is 187 g/mol. The van der Waals surface area contributed by atoms with Crippen molar-refractivity contribution in [3.63, 3.8) is 0 Å². The van der Waals surface area contributed by atoms with Crippen LogP contribution in [0.4, 0.5) is 0 Å². The molecule has 0 bridgehead atoms. The second-order valence-corrected chi connectivity index (χ2v) is 2.73. The van der Waals surface area contributed by atoms with Crippen molar-refractivity contribution in [3.05, 3.63) is 12.2 Å². The molecule has 1 unspecified atom stereocenters. The van der Waals surface area contributed by atoms with Crippen molar-refractivity contribution in [2.45, 2.75) is 20.1 Å². The predicted octanol–water partition coefficient (Wildman–Crippen LogP) is 0.688. The number of rotatable bonds is 6. The van der Waals surface area contributed by atoms with Gasteiger partial charge < -0.3 is 14.8 Å². The predicted molar refractivity (Wildman–Crippen MR) is 50.2 cm³/mol. The molecular weight excluding hydrogens is 170 g/mol. The Morgan fingerprint density at radius 1 is 1.62 bits per heavy atom. The van der Waals surface area contributed by atoms with Gasteiger partial charge in [0.2, 0.25) is 6.29 Å². The number of nitrogens with one attached hydrogen (secondary N) is 1. The van der Waals surface area contributed by atoms with Crippen LogP contribution in [0, 0.1) is 0 Å². The number of esters is 1. The maximum atomic E-state index is 11.0. The topological polar surface area (TPSA) is 47.6 Å². The Morgan fingerprint density at radius 3 is 2.69 bits per heavy atom. The second-order valence-electron chi connectivity index (χ2n) is 2.73. The Hall–Kier alpha value is -0.870. The fraction of sp³-hybridized carbons (Fsp3) is 0.667. The molecule has 0 radical (unpaired) electrons.